The summed E-state index contributed by atoms with van der Waals surface area (Å²) in [6, 6.07) is 0. The van der Waals surface area contributed by atoms with Crippen LogP contribution in [0.3, 0.4) is 0 Å². The maximum absolute atomic E-state index is 0. The van der Waals surface area contributed by atoms with Crippen molar-refractivity contribution < 1.29 is 96.0 Å². The van der Waals surface area contributed by atoms with Gasteiger partial charge in [0, 0.05) is 21.7 Å². The largest absolute Gasteiger partial charge is 2.00 e. The molecule has 0 spiro atoms. The monoisotopic (exact) mass is 296 g/mol. The molecule has 7 heteroatoms. The first kappa shape index (κ1) is 120. The van der Waals surface area contributed by atoms with Crippen LogP contribution in [0.1, 0.15) is 0 Å². The fraction of sp³-hybridized carbons (Fsp3) is 0. The second-order valence-electron chi connectivity index (χ2n) is 0. The maximum atomic E-state index is 0. The Labute approximate surface area is 94.8 Å². The molecule has 0 fully saturated rings. The van der Waals surface area contributed by atoms with Crippen molar-refractivity contribution in [2.45, 2.75) is 0 Å². The quantitative estimate of drug-likeness (QED) is 0.548. The van der Waals surface area contributed by atoms with E-state index in [4.69, 9.17) is 0 Å². The Morgan fingerprint density at radius 2 is 0.429 bits per heavy atom. The molecule has 0 atom stereocenters. The summed E-state index contributed by atoms with van der Waals surface area (Å²) in [5.74, 6) is 0. The fourth-order valence-electron chi connectivity index (χ4n) is 0. The van der Waals surface area contributed by atoms with Crippen LogP contribution in [0.2, 0.25) is 0 Å². The van der Waals surface area contributed by atoms with Gasteiger partial charge in [0.15, 0.2) is 0 Å². The van der Waals surface area contributed by atoms with E-state index in [1.54, 1.807) is 0 Å². The Morgan fingerprint density at radius 3 is 0.429 bits per heavy atom. The Hall–Kier alpha value is 2.32. The van der Waals surface area contributed by atoms with Gasteiger partial charge in [0.2, 0.25) is 0 Å². The first-order valence-electron chi connectivity index (χ1n) is 0. The number of rotatable bonds is 0. The first-order chi connectivity index (χ1) is 0. The smallest absolute Gasteiger partial charge is 0.870 e. The van der Waals surface area contributed by atoms with E-state index >= 15 is 0 Å². The Kier molecular flexibility index (Phi) is 1420. The molecule has 0 aromatic rings. The van der Waals surface area contributed by atoms with Gasteiger partial charge in [0.1, 0.15) is 0 Å². The zero-order valence-corrected chi connectivity index (χ0v) is 9.77. The predicted octanol–water partition coefficient (Wildman–Crippen LogP) is -0.715. The van der Waals surface area contributed by atoms with Gasteiger partial charge in [-0.1, -0.05) is 0 Å². The standard InChI is InChI=1S/4H2O.Ti.2Zr/h4*1H2;;;/q;;;;;2*+2/p-4. The zero-order valence-electron chi connectivity index (χ0n) is 3.29. The molecule has 7 heavy (non-hydrogen) atoms. The van der Waals surface area contributed by atoms with E-state index < -0.39 is 0 Å². The van der Waals surface area contributed by atoms with E-state index in [0.717, 1.165) is 0 Å². The van der Waals surface area contributed by atoms with Crippen LogP contribution in [0.25, 0.3) is 0 Å². The number of hydrogen-bond donors (Lipinski definition) is 0. The van der Waals surface area contributed by atoms with Gasteiger partial charge in [-0.05, 0) is 0 Å². The van der Waals surface area contributed by atoms with Gasteiger partial charge in [0.25, 0.3) is 0 Å². The molecule has 0 rings (SSSR count). The van der Waals surface area contributed by atoms with Crippen LogP contribution in [0.4, 0.5) is 0 Å². The van der Waals surface area contributed by atoms with Crippen molar-refractivity contribution in [3.8, 4) is 0 Å². The van der Waals surface area contributed by atoms with Gasteiger partial charge in [-0.25, -0.2) is 0 Å². The summed E-state index contributed by atoms with van der Waals surface area (Å²) in [4.78, 5) is 0. The van der Waals surface area contributed by atoms with Crippen molar-refractivity contribution in [2.75, 3.05) is 0 Å². The van der Waals surface area contributed by atoms with Gasteiger partial charge >= 0.3 is 52.4 Å². The molecule has 40 valence electrons. The van der Waals surface area contributed by atoms with Crippen LogP contribution in [0.15, 0.2) is 0 Å². The minimum Gasteiger partial charge on any atom is -0.870 e. The number of hydrogen-bond acceptors (Lipinski definition) is 4. The molecule has 0 aliphatic heterocycles. The van der Waals surface area contributed by atoms with E-state index in [-0.39, 0.29) is 96.0 Å². The van der Waals surface area contributed by atoms with Gasteiger partial charge in [-0.2, -0.15) is 0 Å². The first-order valence-corrected chi connectivity index (χ1v) is 0. The van der Waals surface area contributed by atoms with Crippen LogP contribution in [0.5, 0.6) is 0 Å². The summed E-state index contributed by atoms with van der Waals surface area (Å²) < 4.78 is 0. The van der Waals surface area contributed by atoms with Gasteiger partial charge < -0.3 is 21.9 Å². The SMILES string of the molecule is [OH-].[OH-].[OH-].[OH-].[Ti].[Zr+2].[Zr+2]. The molecule has 4 N–H and O–H groups in total. The van der Waals surface area contributed by atoms with Crippen molar-refractivity contribution in [1.82, 2.24) is 0 Å². The minimum absolute atomic E-state index is 0. The van der Waals surface area contributed by atoms with Crippen LogP contribution in [-0.4, -0.2) is 21.9 Å². The Morgan fingerprint density at radius 1 is 0.429 bits per heavy atom. The van der Waals surface area contributed by atoms with Gasteiger partial charge in [0.05, 0.1) is 0 Å². The van der Waals surface area contributed by atoms with Crippen molar-refractivity contribution in [3.05, 3.63) is 0 Å². The third-order valence-electron chi connectivity index (χ3n) is 0. The summed E-state index contributed by atoms with van der Waals surface area (Å²) in [7, 11) is 0. The summed E-state index contributed by atoms with van der Waals surface area (Å²) in [6.07, 6.45) is 0. The zero-order chi connectivity index (χ0) is 0. The van der Waals surface area contributed by atoms with E-state index in [1.165, 1.54) is 0 Å². The third kappa shape index (κ3) is 61.7. The van der Waals surface area contributed by atoms with Gasteiger partial charge in [-0.3, -0.25) is 0 Å². The maximum Gasteiger partial charge on any atom is 2.00 e. The van der Waals surface area contributed by atoms with Crippen LogP contribution in [-0.2, 0) is 74.1 Å². The Bertz CT molecular complexity index is 9.65. The van der Waals surface area contributed by atoms with Gasteiger partial charge in [-0.15, -0.1) is 0 Å². The molecule has 4 nitrogen and oxygen atoms in total. The molecular weight excluding hydrogens is 294 g/mol. The molecule has 0 heterocycles. The van der Waals surface area contributed by atoms with E-state index in [0.29, 0.717) is 0 Å². The summed E-state index contributed by atoms with van der Waals surface area (Å²) in [5.41, 5.74) is 0. The van der Waals surface area contributed by atoms with E-state index in [9.17, 15) is 0 Å². The minimum atomic E-state index is 0. The molecule has 0 aliphatic carbocycles. The average Bonchev–Trinajstić information content (AvgIpc) is 0. The molecule has 0 aromatic carbocycles. The summed E-state index contributed by atoms with van der Waals surface area (Å²) in [6.45, 7) is 0. The summed E-state index contributed by atoms with van der Waals surface area (Å²) >= 11 is 0. The van der Waals surface area contributed by atoms with Crippen LogP contribution < -0.4 is 0 Å². The fourth-order valence-corrected chi connectivity index (χ4v) is 0. The Balaban J connectivity index is 0. The van der Waals surface area contributed by atoms with Crippen molar-refractivity contribution >= 4 is 0 Å². The molecule has 0 radical (unpaired) electrons. The second-order valence-corrected chi connectivity index (χ2v) is 0. The molecular formula is H4O4TiZr2. The van der Waals surface area contributed by atoms with Crippen LogP contribution >= 0.6 is 0 Å². The molecule has 0 aromatic heterocycles. The molecule has 0 unspecified atom stereocenters. The molecule has 0 amide bonds. The molecule has 0 aliphatic rings. The topological polar surface area (TPSA) is 120 Å². The van der Waals surface area contributed by atoms with Crippen molar-refractivity contribution in [2.24, 2.45) is 0 Å². The van der Waals surface area contributed by atoms with Crippen molar-refractivity contribution in [1.29, 1.82) is 0 Å². The second kappa shape index (κ2) is 82.8. The van der Waals surface area contributed by atoms with E-state index in [2.05, 4.69) is 0 Å². The summed E-state index contributed by atoms with van der Waals surface area (Å²) in [5, 5.41) is 0. The molecule has 0 saturated heterocycles. The van der Waals surface area contributed by atoms with Crippen molar-refractivity contribution in [3.63, 3.8) is 0 Å². The van der Waals surface area contributed by atoms with Crippen LogP contribution in [0, 0.1) is 0 Å². The molecule has 0 bridgehead atoms. The predicted molar refractivity (Wildman–Crippen MR) is 7.74 cm³/mol. The third-order valence-corrected chi connectivity index (χ3v) is 0. The van der Waals surface area contributed by atoms with E-state index in [1.807, 2.05) is 0 Å². The normalized spacial score (nSPS) is 0. The molecule has 0 saturated carbocycles. The average molecular weight is 298 g/mol.